The van der Waals surface area contributed by atoms with E-state index in [1.165, 1.54) is 0 Å². The summed E-state index contributed by atoms with van der Waals surface area (Å²) < 4.78 is 114. The zero-order valence-corrected chi connectivity index (χ0v) is 9.29. The Hall–Kier alpha value is -1.61. The second-order valence-electron chi connectivity index (χ2n) is 3.85. The summed E-state index contributed by atoms with van der Waals surface area (Å²) in [5.41, 5.74) is -2.97. The van der Waals surface area contributed by atoms with E-state index >= 15 is 0 Å². The Balaban J connectivity index is 3.58. The van der Waals surface area contributed by atoms with E-state index in [1.54, 1.807) is 0 Å². The average Bonchev–Trinajstić information content (AvgIpc) is 2.25. The minimum atomic E-state index is -6.72. The number of nitrogens with two attached hydrogens (primary N) is 1. The van der Waals surface area contributed by atoms with E-state index in [2.05, 4.69) is 0 Å². The molecule has 0 fully saturated rings. The van der Waals surface area contributed by atoms with Gasteiger partial charge in [-0.25, -0.2) is 4.39 Å². The van der Waals surface area contributed by atoms with Crippen molar-refractivity contribution in [2.75, 3.05) is 5.73 Å². The summed E-state index contributed by atoms with van der Waals surface area (Å²) in [4.78, 5) is 0. The molecule has 0 heterocycles. The summed E-state index contributed by atoms with van der Waals surface area (Å²) in [6.45, 7) is 0. The lowest BCUT2D eigenvalue weighted by Gasteiger charge is -2.36. The third-order valence-corrected chi connectivity index (χ3v) is 2.49. The Labute approximate surface area is 106 Å². The molecule has 0 radical (unpaired) electrons. The van der Waals surface area contributed by atoms with Crippen LogP contribution in [-0.4, -0.2) is 18.3 Å². The third-order valence-electron chi connectivity index (χ3n) is 2.49. The van der Waals surface area contributed by atoms with Crippen molar-refractivity contribution in [2.45, 2.75) is 23.9 Å². The van der Waals surface area contributed by atoms with Gasteiger partial charge >= 0.3 is 23.9 Å². The van der Waals surface area contributed by atoms with Crippen LogP contribution in [0.5, 0.6) is 0 Å². The van der Waals surface area contributed by atoms with Crippen LogP contribution in [0.25, 0.3) is 0 Å². The number of nitrogen functional groups attached to an aromatic ring is 1. The second kappa shape index (κ2) is 4.45. The van der Waals surface area contributed by atoms with Crippen molar-refractivity contribution in [3.8, 4) is 0 Å². The molecule has 1 aromatic rings. The van der Waals surface area contributed by atoms with Crippen molar-refractivity contribution in [1.82, 2.24) is 0 Å². The van der Waals surface area contributed by atoms with E-state index in [9.17, 15) is 39.5 Å². The predicted molar refractivity (Wildman–Crippen MR) is 50.7 cm³/mol. The number of halogens is 9. The summed E-state index contributed by atoms with van der Waals surface area (Å²) >= 11 is 0. The normalized spacial score (nSPS) is 16.9. The molecule has 0 amide bonds. The van der Waals surface area contributed by atoms with Gasteiger partial charge in [-0.1, -0.05) is 12.1 Å². The Morgan fingerprint density at radius 1 is 0.650 bits per heavy atom. The van der Waals surface area contributed by atoms with Crippen molar-refractivity contribution in [1.29, 1.82) is 0 Å². The van der Waals surface area contributed by atoms with Crippen molar-refractivity contribution < 1.29 is 39.5 Å². The molecule has 0 aromatic heterocycles. The highest BCUT2D eigenvalue weighted by Crippen LogP contribution is 2.58. The van der Waals surface area contributed by atoms with E-state index < -0.39 is 29.5 Å². The maximum Gasteiger partial charge on any atom is 0.457 e. The zero-order valence-electron chi connectivity index (χ0n) is 9.29. The van der Waals surface area contributed by atoms with Gasteiger partial charge < -0.3 is 5.73 Å². The zero-order chi connectivity index (χ0) is 16.0. The Bertz CT molecular complexity index is 473. The van der Waals surface area contributed by atoms with Crippen LogP contribution >= 0.6 is 0 Å². The lowest BCUT2D eigenvalue weighted by Crippen LogP contribution is -2.59. The van der Waals surface area contributed by atoms with E-state index in [0.717, 1.165) is 0 Å². The lowest BCUT2D eigenvalue weighted by molar-refractivity contribution is -0.389. The van der Waals surface area contributed by atoms with E-state index in [-0.39, 0.29) is 17.8 Å². The third kappa shape index (κ3) is 2.27. The molecule has 1 atom stereocenters. The molecule has 0 bridgehead atoms. The summed E-state index contributed by atoms with van der Waals surface area (Å²) in [7, 11) is 0. The molecule has 1 rings (SSSR count). The van der Waals surface area contributed by atoms with Gasteiger partial charge in [-0.3, -0.25) is 0 Å². The standard InChI is InChI=1S/C10H6F9N/c11-7(9(14,15)16,8(12,13)10(17,18)19)5-1-3-6(20)4-2-5/h1-4H,20H2. The van der Waals surface area contributed by atoms with Gasteiger partial charge in [0.1, 0.15) is 0 Å². The summed E-state index contributed by atoms with van der Waals surface area (Å²) in [5, 5.41) is 0. The fourth-order valence-electron chi connectivity index (χ4n) is 1.43. The van der Waals surface area contributed by atoms with Crippen molar-refractivity contribution in [3.05, 3.63) is 29.8 Å². The Morgan fingerprint density at radius 3 is 1.35 bits per heavy atom. The highest BCUT2D eigenvalue weighted by Gasteiger charge is 2.81. The van der Waals surface area contributed by atoms with Crippen molar-refractivity contribution >= 4 is 5.69 Å². The molecule has 114 valence electrons. The molecule has 20 heavy (non-hydrogen) atoms. The molecule has 0 aliphatic heterocycles. The van der Waals surface area contributed by atoms with Gasteiger partial charge in [-0.05, 0) is 12.1 Å². The van der Waals surface area contributed by atoms with E-state index in [1.807, 2.05) is 0 Å². The first-order valence-electron chi connectivity index (χ1n) is 4.81. The Kier molecular flexibility index (Phi) is 3.66. The van der Waals surface area contributed by atoms with Gasteiger partial charge in [0.15, 0.2) is 0 Å². The van der Waals surface area contributed by atoms with Crippen LogP contribution in [-0.2, 0) is 5.67 Å². The smallest absolute Gasteiger partial charge is 0.399 e. The van der Waals surface area contributed by atoms with Crippen LogP contribution in [0.3, 0.4) is 0 Å². The number of alkyl halides is 9. The molecule has 0 spiro atoms. The number of benzene rings is 1. The molecule has 0 aliphatic rings. The molecule has 2 N–H and O–H groups in total. The van der Waals surface area contributed by atoms with Crippen LogP contribution in [0.1, 0.15) is 5.56 Å². The lowest BCUT2D eigenvalue weighted by atomic mass is 9.87. The average molecular weight is 311 g/mol. The fourth-order valence-corrected chi connectivity index (χ4v) is 1.43. The molecule has 10 heteroatoms. The van der Waals surface area contributed by atoms with Gasteiger partial charge in [0.25, 0.3) is 0 Å². The van der Waals surface area contributed by atoms with Crippen LogP contribution < -0.4 is 5.73 Å². The van der Waals surface area contributed by atoms with Gasteiger partial charge in [-0.15, -0.1) is 0 Å². The molecular formula is C10H6F9N. The van der Waals surface area contributed by atoms with Crippen LogP contribution in [0, 0.1) is 0 Å². The van der Waals surface area contributed by atoms with Crippen LogP contribution in [0.2, 0.25) is 0 Å². The SMILES string of the molecule is Nc1ccc(C(F)(C(F)(F)F)C(F)(F)C(F)(F)F)cc1. The number of anilines is 1. The van der Waals surface area contributed by atoms with Crippen molar-refractivity contribution in [2.24, 2.45) is 0 Å². The molecule has 1 nitrogen and oxygen atoms in total. The van der Waals surface area contributed by atoms with Crippen LogP contribution in [0.15, 0.2) is 24.3 Å². The molecule has 0 saturated heterocycles. The maximum absolute atomic E-state index is 13.8. The van der Waals surface area contributed by atoms with Gasteiger partial charge in [-0.2, -0.15) is 35.1 Å². The monoisotopic (exact) mass is 311 g/mol. The number of hydrogen-bond acceptors (Lipinski definition) is 1. The molecule has 1 unspecified atom stereocenters. The second-order valence-corrected chi connectivity index (χ2v) is 3.85. The van der Waals surface area contributed by atoms with Gasteiger partial charge in [0, 0.05) is 11.3 Å². The van der Waals surface area contributed by atoms with Crippen molar-refractivity contribution in [3.63, 3.8) is 0 Å². The van der Waals surface area contributed by atoms with E-state index in [4.69, 9.17) is 5.73 Å². The first-order chi connectivity index (χ1) is 8.75. The minimum Gasteiger partial charge on any atom is -0.399 e. The first-order valence-corrected chi connectivity index (χ1v) is 4.81. The number of hydrogen-bond donors (Lipinski definition) is 1. The highest BCUT2D eigenvalue weighted by molar-refractivity contribution is 5.42. The molecule has 0 saturated carbocycles. The largest absolute Gasteiger partial charge is 0.457 e. The fraction of sp³-hybridized carbons (Fsp3) is 0.400. The summed E-state index contributed by atoms with van der Waals surface area (Å²) in [5.74, 6) is -6.66. The molecule has 1 aromatic carbocycles. The summed E-state index contributed by atoms with van der Waals surface area (Å²) in [6, 6.07) is 1.43. The Morgan fingerprint density at radius 2 is 1.05 bits per heavy atom. The van der Waals surface area contributed by atoms with Crippen LogP contribution in [0.4, 0.5) is 45.2 Å². The molecule has 0 aliphatic carbocycles. The highest BCUT2D eigenvalue weighted by atomic mass is 19.4. The van der Waals surface area contributed by atoms with Gasteiger partial charge in [0.2, 0.25) is 0 Å². The van der Waals surface area contributed by atoms with E-state index in [0.29, 0.717) is 12.1 Å². The maximum atomic E-state index is 13.8. The summed E-state index contributed by atoms with van der Waals surface area (Å²) in [6.07, 6.45) is -13.2. The first kappa shape index (κ1) is 16.4. The molecular weight excluding hydrogens is 305 g/mol. The predicted octanol–water partition coefficient (Wildman–Crippen LogP) is 4.19. The number of rotatable bonds is 2. The van der Waals surface area contributed by atoms with Gasteiger partial charge in [0.05, 0.1) is 0 Å². The quantitative estimate of drug-likeness (QED) is 0.643. The topological polar surface area (TPSA) is 26.0 Å². The minimum absolute atomic E-state index is 0.127.